The molecule has 0 saturated carbocycles. The Kier molecular flexibility index (Phi) is 4.28. The maximum absolute atomic E-state index is 12.3. The van der Waals surface area contributed by atoms with Gasteiger partial charge in [-0.1, -0.05) is 26.0 Å². The molecule has 106 valence electrons. The van der Waals surface area contributed by atoms with Crippen molar-refractivity contribution in [2.24, 2.45) is 5.92 Å². The fraction of sp³-hybridized carbons (Fsp3) is 0.571. The molecule has 1 heterocycles. The molecule has 1 N–H and O–H groups in total. The van der Waals surface area contributed by atoms with Crippen molar-refractivity contribution in [3.05, 3.63) is 29.8 Å². The van der Waals surface area contributed by atoms with Gasteiger partial charge in [0, 0.05) is 25.6 Å². The Morgan fingerprint density at radius 1 is 1.32 bits per heavy atom. The molecule has 4 nitrogen and oxygen atoms in total. The lowest BCUT2D eigenvalue weighted by atomic mass is 9.99. The summed E-state index contributed by atoms with van der Waals surface area (Å²) >= 11 is 0. The van der Waals surface area contributed by atoms with E-state index in [4.69, 9.17) is 5.11 Å². The predicted molar refractivity (Wildman–Crippen MR) is 74.5 cm³/mol. The van der Waals surface area contributed by atoms with Crippen LogP contribution >= 0.6 is 0 Å². The molecule has 0 bridgehead atoms. The van der Waals surface area contributed by atoms with Gasteiger partial charge in [-0.25, -0.2) is 8.42 Å². The number of nitrogens with zero attached hydrogens (tertiary/aromatic N) is 1. The number of aliphatic hydroxyl groups excluding tert-OH is 1. The van der Waals surface area contributed by atoms with E-state index in [1.807, 2.05) is 12.1 Å². The number of hydrogen-bond acceptors (Lipinski definition) is 3. The van der Waals surface area contributed by atoms with Crippen molar-refractivity contribution < 1.29 is 13.5 Å². The van der Waals surface area contributed by atoms with E-state index in [0.29, 0.717) is 23.9 Å². The summed E-state index contributed by atoms with van der Waals surface area (Å²) in [5.41, 5.74) is 1.17. The van der Waals surface area contributed by atoms with Crippen molar-refractivity contribution in [1.82, 2.24) is 4.31 Å². The van der Waals surface area contributed by atoms with Gasteiger partial charge in [0.25, 0.3) is 0 Å². The van der Waals surface area contributed by atoms with E-state index in [1.54, 1.807) is 12.1 Å². The number of rotatable bonds is 5. The first-order valence-electron chi connectivity index (χ1n) is 6.70. The Morgan fingerprint density at radius 3 is 2.37 bits per heavy atom. The minimum absolute atomic E-state index is 0.0545. The number of aliphatic hydroxyl groups is 1. The van der Waals surface area contributed by atoms with Crippen LogP contribution in [0.5, 0.6) is 0 Å². The summed E-state index contributed by atoms with van der Waals surface area (Å²) in [6.45, 7) is 5.14. The average Bonchev–Trinajstić information content (AvgIpc) is 2.36. The molecule has 0 aliphatic carbocycles. The molecule has 1 fully saturated rings. The Morgan fingerprint density at radius 2 is 1.89 bits per heavy atom. The molecule has 1 atom stereocenters. The normalized spacial score (nSPS) is 19.1. The molecule has 1 aromatic rings. The standard InChI is InChI=1S/C14H21NO3S/c1-3-11(2)13-4-6-14(7-5-13)19(17,18)15-8-12(9-15)10-16/h4-7,11-12,16H,3,8-10H2,1-2H3. The Balaban J connectivity index is 2.13. The molecule has 0 aromatic heterocycles. The van der Waals surface area contributed by atoms with E-state index in [1.165, 1.54) is 9.87 Å². The second kappa shape index (κ2) is 5.61. The maximum Gasteiger partial charge on any atom is 0.243 e. The predicted octanol–water partition coefficient (Wildman–Crippen LogP) is 1.81. The van der Waals surface area contributed by atoms with Gasteiger partial charge in [-0.05, 0) is 30.0 Å². The van der Waals surface area contributed by atoms with Gasteiger partial charge in [0.05, 0.1) is 4.90 Å². The van der Waals surface area contributed by atoms with Crippen LogP contribution in [-0.4, -0.2) is 37.5 Å². The number of benzene rings is 1. The number of hydrogen-bond donors (Lipinski definition) is 1. The van der Waals surface area contributed by atoms with E-state index in [9.17, 15) is 8.42 Å². The van der Waals surface area contributed by atoms with Crippen molar-refractivity contribution in [1.29, 1.82) is 0 Å². The molecule has 19 heavy (non-hydrogen) atoms. The van der Waals surface area contributed by atoms with Crippen LogP contribution in [-0.2, 0) is 10.0 Å². The molecule has 0 amide bonds. The molecule has 0 radical (unpaired) electrons. The summed E-state index contributed by atoms with van der Waals surface area (Å²) in [6, 6.07) is 7.15. The number of sulfonamides is 1. The highest BCUT2D eigenvalue weighted by molar-refractivity contribution is 7.89. The third-order valence-electron chi connectivity index (χ3n) is 3.88. The van der Waals surface area contributed by atoms with Gasteiger partial charge in [-0.3, -0.25) is 0 Å². The summed E-state index contributed by atoms with van der Waals surface area (Å²) in [4.78, 5) is 0.343. The lowest BCUT2D eigenvalue weighted by Crippen LogP contribution is -2.51. The lowest BCUT2D eigenvalue weighted by molar-refractivity contribution is 0.117. The van der Waals surface area contributed by atoms with Crippen LogP contribution in [0.25, 0.3) is 0 Å². The topological polar surface area (TPSA) is 57.6 Å². The second-order valence-electron chi connectivity index (χ2n) is 5.25. The summed E-state index contributed by atoms with van der Waals surface area (Å²) in [5.74, 6) is 0.536. The third-order valence-corrected chi connectivity index (χ3v) is 5.73. The average molecular weight is 283 g/mol. The summed E-state index contributed by atoms with van der Waals surface area (Å²) in [6.07, 6.45) is 1.04. The van der Waals surface area contributed by atoms with Crippen LogP contribution in [0, 0.1) is 5.92 Å². The molecule has 5 heteroatoms. The van der Waals surface area contributed by atoms with Gasteiger partial charge in [-0.15, -0.1) is 0 Å². The van der Waals surface area contributed by atoms with Crippen molar-refractivity contribution >= 4 is 10.0 Å². The zero-order chi connectivity index (χ0) is 14.0. The SMILES string of the molecule is CCC(C)c1ccc(S(=O)(=O)N2CC(CO)C2)cc1. The van der Waals surface area contributed by atoms with Gasteiger partial charge in [0.1, 0.15) is 0 Å². The van der Waals surface area contributed by atoms with Crippen LogP contribution in [0.15, 0.2) is 29.2 Å². The molecule has 1 saturated heterocycles. The Labute approximate surface area is 115 Å². The monoisotopic (exact) mass is 283 g/mol. The van der Waals surface area contributed by atoms with Crippen molar-refractivity contribution in [3.8, 4) is 0 Å². The van der Waals surface area contributed by atoms with E-state index in [0.717, 1.165) is 6.42 Å². The highest BCUT2D eigenvalue weighted by Gasteiger charge is 2.36. The minimum Gasteiger partial charge on any atom is -0.396 e. The van der Waals surface area contributed by atoms with Crippen molar-refractivity contribution in [2.75, 3.05) is 19.7 Å². The molecule has 1 aromatic carbocycles. The highest BCUT2D eigenvalue weighted by atomic mass is 32.2. The first-order chi connectivity index (χ1) is 8.98. The maximum atomic E-state index is 12.3. The van der Waals surface area contributed by atoms with Crippen LogP contribution < -0.4 is 0 Å². The first-order valence-corrected chi connectivity index (χ1v) is 8.14. The molecular weight excluding hydrogens is 262 g/mol. The third kappa shape index (κ3) is 2.83. The minimum atomic E-state index is -3.37. The van der Waals surface area contributed by atoms with E-state index < -0.39 is 10.0 Å². The van der Waals surface area contributed by atoms with Crippen LogP contribution in [0.4, 0.5) is 0 Å². The van der Waals surface area contributed by atoms with Crippen LogP contribution in [0.2, 0.25) is 0 Å². The van der Waals surface area contributed by atoms with Gasteiger partial charge >= 0.3 is 0 Å². The van der Waals surface area contributed by atoms with E-state index >= 15 is 0 Å². The summed E-state index contributed by atoms with van der Waals surface area (Å²) in [7, 11) is -3.37. The van der Waals surface area contributed by atoms with Gasteiger partial charge < -0.3 is 5.11 Å². The van der Waals surface area contributed by atoms with Crippen LogP contribution in [0.3, 0.4) is 0 Å². The highest BCUT2D eigenvalue weighted by Crippen LogP contribution is 2.26. The lowest BCUT2D eigenvalue weighted by Gasteiger charge is -2.36. The zero-order valence-electron chi connectivity index (χ0n) is 11.4. The molecule has 1 aliphatic heterocycles. The fourth-order valence-corrected chi connectivity index (χ4v) is 3.78. The van der Waals surface area contributed by atoms with Crippen LogP contribution in [0.1, 0.15) is 31.7 Å². The van der Waals surface area contributed by atoms with Crippen molar-refractivity contribution in [2.45, 2.75) is 31.1 Å². The molecule has 2 rings (SSSR count). The van der Waals surface area contributed by atoms with E-state index in [-0.39, 0.29) is 12.5 Å². The van der Waals surface area contributed by atoms with Gasteiger partial charge in [0.2, 0.25) is 10.0 Å². The quantitative estimate of drug-likeness (QED) is 0.896. The molecule has 1 unspecified atom stereocenters. The Hall–Kier alpha value is -0.910. The smallest absolute Gasteiger partial charge is 0.243 e. The second-order valence-corrected chi connectivity index (χ2v) is 7.19. The molecule has 1 aliphatic rings. The molecule has 0 spiro atoms. The van der Waals surface area contributed by atoms with E-state index in [2.05, 4.69) is 13.8 Å². The fourth-order valence-electron chi connectivity index (χ4n) is 2.19. The molecular formula is C14H21NO3S. The van der Waals surface area contributed by atoms with Crippen molar-refractivity contribution in [3.63, 3.8) is 0 Å². The largest absolute Gasteiger partial charge is 0.396 e. The first kappa shape index (κ1) is 14.5. The Bertz CT molecular complexity index is 518. The summed E-state index contributed by atoms with van der Waals surface area (Å²) in [5, 5.41) is 8.94. The zero-order valence-corrected chi connectivity index (χ0v) is 12.2. The van der Waals surface area contributed by atoms with Gasteiger partial charge in [0.15, 0.2) is 0 Å². The van der Waals surface area contributed by atoms with Gasteiger partial charge in [-0.2, -0.15) is 4.31 Å². The summed E-state index contributed by atoms with van der Waals surface area (Å²) < 4.78 is 26.0.